The van der Waals surface area contributed by atoms with Gasteiger partial charge in [0, 0.05) is 30.4 Å². The second-order valence-electron chi connectivity index (χ2n) is 4.50. The van der Waals surface area contributed by atoms with E-state index < -0.39 is 5.97 Å². The lowest BCUT2D eigenvalue weighted by atomic mass is 10.2. The van der Waals surface area contributed by atoms with Gasteiger partial charge < -0.3 is 15.0 Å². The van der Waals surface area contributed by atoms with Gasteiger partial charge in [0.15, 0.2) is 0 Å². The van der Waals surface area contributed by atoms with Crippen LogP contribution in [0.3, 0.4) is 0 Å². The monoisotopic (exact) mass is 236 g/mol. The molecule has 2 heterocycles. The predicted molar refractivity (Wildman–Crippen MR) is 62.0 cm³/mol. The molecule has 1 atom stereocenters. The molecule has 5 nitrogen and oxygen atoms in total. The van der Waals surface area contributed by atoms with Crippen molar-refractivity contribution in [1.29, 1.82) is 0 Å². The first-order valence-electron chi connectivity index (χ1n) is 5.68. The van der Waals surface area contributed by atoms with Crippen molar-refractivity contribution in [1.82, 2.24) is 9.88 Å². The van der Waals surface area contributed by atoms with Crippen molar-refractivity contribution in [2.45, 2.75) is 39.3 Å². The number of aryl methyl sites for hydroxylation is 1. The van der Waals surface area contributed by atoms with Gasteiger partial charge in [0.25, 0.3) is 0 Å². The SMILES string of the molecule is Cc1cc(C(=O)O)c(C)n1CC1CCC(=O)N1. The van der Waals surface area contributed by atoms with Gasteiger partial charge in [-0.15, -0.1) is 0 Å². The molecule has 2 N–H and O–H groups in total. The molecule has 1 aromatic heterocycles. The molecule has 5 heteroatoms. The molecule has 0 aliphatic carbocycles. The number of carbonyl (C=O) groups excluding carboxylic acids is 1. The first-order chi connectivity index (χ1) is 7.99. The summed E-state index contributed by atoms with van der Waals surface area (Å²) in [6.45, 7) is 4.33. The van der Waals surface area contributed by atoms with Crippen molar-refractivity contribution in [3.05, 3.63) is 23.0 Å². The number of nitrogens with one attached hydrogen (secondary N) is 1. The third kappa shape index (κ3) is 2.18. The molecule has 1 fully saturated rings. The average molecular weight is 236 g/mol. The Morgan fingerprint density at radius 2 is 2.29 bits per heavy atom. The number of carboxylic acids is 1. The molecule has 0 spiro atoms. The van der Waals surface area contributed by atoms with Gasteiger partial charge in [0.2, 0.25) is 5.91 Å². The summed E-state index contributed by atoms with van der Waals surface area (Å²) in [5, 5.41) is 11.9. The van der Waals surface area contributed by atoms with E-state index in [4.69, 9.17) is 5.11 Å². The Morgan fingerprint density at radius 3 is 2.76 bits per heavy atom. The van der Waals surface area contributed by atoms with Gasteiger partial charge in [-0.1, -0.05) is 0 Å². The number of aromatic carboxylic acids is 1. The van der Waals surface area contributed by atoms with Crippen molar-refractivity contribution in [3.8, 4) is 0 Å². The minimum absolute atomic E-state index is 0.0796. The van der Waals surface area contributed by atoms with Gasteiger partial charge in [0.05, 0.1) is 5.56 Å². The Morgan fingerprint density at radius 1 is 1.59 bits per heavy atom. The van der Waals surface area contributed by atoms with Crippen molar-refractivity contribution < 1.29 is 14.7 Å². The van der Waals surface area contributed by atoms with E-state index in [1.165, 1.54) is 0 Å². The van der Waals surface area contributed by atoms with Gasteiger partial charge in [-0.05, 0) is 26.3 Å². The van der Waals surface area contributed by atoms with Crippen LogP contribution < -0.4 is 5.32 Å². The first kappa shape index (κ1) is 11.7. The van der Waals surface area contributed by atoms with Gasteiger partial charge in [-0.25, -0.2) is 4.79 Å². The summed E-state index contributed by atoms with van der Waals surface area (Å²) in [6.07, 6.45) is 1.38. The van der Waals surface area contributed by atoms with Gasteiger partial charge in [0.1, 0.15) is 0 Å². The van der Waals surface area contributed by atoms with Crippen LogP contribution in [-0.4, -0.2) is 27.6 Å². The summed E-state index contributed by atoms with van der Waals surface area (Å²) in [5.41, 5.74) is 2.00. The maximum atomic E-state index is 11.1. The fraction of sp³-hybridized carbons (Fsp3) is 0.500. The number of nitrogens with zero attached hydrogens (tertiary/aromatic N) is 1. The van der Waals surface area contributed by atoms with Crippen molar-refractivity contribution in [2.75, 3.05) is 0 Å². The quantitative estimate of drug-likeness (QED) is 0.825. The second kappa shape index (κ2) is 4.24. The number of carboxylic acid groups (broad SMARTS) is 1. The van der Waals surface area contributed by atoms with E-state index >= 15 is 0 Å². The number of aromatic nitrogens is 1. The van der Waals surface area contributed by atoms with Crippen LogP contribution >= 0.6 is 0 Å². The van der Waals surface area contributed by atoms with Crippen LogP contribution in [0.1, 0.15) is 34.6 Å². The van der Waals surface area contributed by atoms with Crippen LogP contribution in [0.2, 0.25) is 0 Å². The molecule has 0 radical (unpaired) electrons. The molecule has 1 aliphatic rings. The minimum Gasteiger partial charge on any atom is -0.478 e. The highest BCUT2D eigenvalue weighted by Crippen LogP contribution is 2.18. The fourth-order valence-electron chi connectivity index (χ4n) is 2.33. The third-order valence-corrected chi connectivity index (χ3v) is 3.29. The third-order valence-electron chi connectivity index (χ3n) is 3.29. The highest BCUT2D eigenvalue weighted by molar-refractivity contribution is 5.89. The van der Waals surface area contributed by atoms with Crippen LogP contribution in [0.25, 0.3) is 0 Å². The average Bonchev–Trinajstić information content (AvgIpc) is 2.77. The molecule has 1 aliphatic heterocycles. The zero-order chi connectivity index (χ0) is 12.6. The van der Waals surface area contributed by atoms with E-state index in [1.54, 1.807) is 13.0 Å². The lowest BCUT2D eigenvalue weighted by Crippen LogP contribution is -2.30. The van der Waals surface area contributed by atoms with Crippen molar-refractivity contribution in [2.24, 2.45) is 0 Å². The summed E-state index contributed by atoms with van der Waals surface area (Å²) < 4.78 is 1.96. The largest absolute Gasteiger partial charge is 0.478 e. The van der Waals surface area contributed by atoms with Crippen molar-refractivity contribution >= 4 is 11.9 Å². The number of rotatable bonds is 3. The molecule has 1 saturated heterocycles. The second-order valence-corrected chi connectivity index (χ2v) is 4.50. The lowest BCUT2D eigenvalue weighted by Gasteiger charge is -2.15. The molecular formula is C12H16N2O3. The minimum atomic E-state index is -0.903. The maximum absolute atomic E-state index is 11.1. The number of carbonyl (C=O) groups is 2. The molecule has 1 unspecified atom stereocenters. The molecule has 0 bridgehead atoms. The lowest BCUT2D eigenvalue weighted by molar-refractivity contribution is -0.119. The maximum Gasteiger partial charge on any atom is 0.337 e. The van der Waals surface area contributed by atoms with E-state index in [1.807, 2.05) is 11.5 Å². The van der Waals surface area contributed by atoms with Crippen LogP contribution in [0.5, 0.6) is 0 Å². The van der Waals surface area contributed by atoms with Crippen LogP contribution in [0.15, 0.2) is 6.07 Å². The molecule has 1 amide bonds. The normalized spacial score (nSPS) is 19.4. The molecule has 17 heavy (non-hydrogen) atoms. The molecule has 2 rings (SSSR count). The predicted octanol–water partition coefficient (Wildman–Crippen LogP) is 1.08. The van der Waals surface area contributed by atoms with E-state index in [0.717, 1.165) is 17.8 Å². The summed E-state index contributed by atoms with van der Waals surface area (Å²) in [4.78, 5) is 22.1. The van der Waals surface area contributed by atoms with Crippen LogP contribution in [0.4, 0.5) is 0 Å². The van der Waals surface area contributed by atoms with Crippen LogP contribution in [-0.2, 0) is 11.3 Å². The van der Waals surface area contributed by atoms with Gasteiger partial charge >= 0.3 is 5.97 Å². The summed E-state index contributed by atoms with van der Waals surface area (Å²) >= 11 is 0. The van der Waals surface area contributed by atoms with Crippen LogP contribution in [0, 0.1) is 13.8 Å². The zero-order valence-electron chi connectivity index (χ0n) is 9.99. The Balaban J connectivity index is 2.21. The number of amides is 1. The summed E-state index contributed by atoms with van der Waals surface area (Å²) in [7, 11) is 0. The Bertz CT molecular complexity index is 476. The summed E-state index contributed by atoms with van der Waals surface area (Å²) in [5.74, 6) is -0.823. The Hall–Kier alpha value is -1.78. The van der Waals surface area contributed by atoms with Gasteiger partial charge in [-0.2, -0.15) is 0 Å². The topological polar surface area (TPSA) is 71.3 Å². The molecular weight excluding hydrogens is 220 g/mol. The highest BCUT2D eigenvalue weighted by Gasteiger charge is 2.23. The highest BCUT2D eigenvalue weighted by atomic mass is 16.4. The van der Waals surface area contributed by atoms with E-state index in [9.17, 15) is 9.59 Å². The number of hydrogen-bond acceptors (Lipinski definition) is 2. The fourth-order valence-corrected chi connectivity index (χ4v) is 2.33. The molecule has 0 aromatic carbocycles. The Kier molecular flexibility index (Phi) is 2.92. The van der Waals surface area contributed by atoms with Gasteiger partial charge in [-0.3, -0.25) is 4.79 Å². The number of hydrogen-bond donors (Lipinski definition) is 2. The smallest absolute Gasteiger partial charge is 0.337 e. The van der Waals surface area contributed by atoms with Crippen molar-refractivity contribution in [3.63, 3.8) is 0 Å². The van der Waals surface area contributed by atoms with E-state index in [0.29, 0.717) is 18.5 Å². The van der Waals surface area contributed by atoms with E-state index in [2.05, 4.69) is 5.32 Å². The first-order valence-corrected chi connectivity index (χ1v) is 5.68. The summed E-state index contributed by atoms with van der Waals surface area (Å²) in [6, 6.07) is 1.79. The Labute approximate surface area is 99.4 Å². The standard InChI is InChI=1S/C12H16N2O3/c1-7-5-10(12(16)17)8(2)14(7)6-9-3-4-11(15)13-9/h5,9H,3-4,6H2,1-2H3,(H,13,15)(H,16,17). The molecule has 92 valence electrons. The molecule has 1 aromatic rings. The molecule has 0 saturated carbocycles. The zero-order valence-corrected chi connectivity index (χ0v) is 9.99. The van der Waals surface area contributed by atoms with E-state index in [-0.39, 0.29) is 11.9 Å².